The van der Waals surface area contributed by atoms with Gasteiger partial charge < -0.3 is 25.2 Å². The lowest BCUT2D eigenvalue weighted by Crippen LogP contribution is -2.51. The molecular formula is C24H23N5O5. The number of aromatic nitrogens is 1. The van der Waals surface area contributed by atoms with Gasteiger partial charge in [-0.3, -0.25) is 9.59 Å². The summed E-state index contributed by atoms with van der Waals surface area (Å²) in [6, 6.07) is 12.6. The maximum Gasteiger partial charge on any atom is 0.248 e. The van der Waals surface area contributed by atoms with E-state index in [0.717, 1.165) is 0 Å². The van der Waals surface area contributed by atoms with Crippen molar-refractivity contribution in [2.24, 2.45) is 5.41 Å². The van der Waals surface area contributed by atoms with Gasteiger partial charge in [0.05, 0.1) is 18.2 Å². The third-order valence-corrected chi connectivity index (χ3v) is 6.12. The standard InChI is InChI=1S/C24H23N5O5/c25-11-17-9-15(16-3-7-27-21(10-16)28-23(33)24(14-26)5-6-24)1-2-19(17)34-20-4-8-29(12-18(20)31)22(32)13-30/h1-3,7,9-10,18,20,30-31H,4-6,8,12-13H2,(H,27,28,33)/t18-,20+/m1/s1. The maximum atomic E-state index is 12.3. The molecule has 1 aromatic heterocycles. The van der Waals surface area contributed by atoms with Crippen molar-refractivity contribution >= 4 is 17.6 Å². The van der Waals surface area contributed by atoms with E-state index in [1.807, 2.05) is 6.07 Å². The quantitative estimate of drug-likeness (QED) is 0.578. The molecule has 34 heavy (non-hydrogen) atoms. The average Bonchev–Trinajstić information content (AvgIpc) is 3.66. The van der Waals surface area contributed by atoms with Crippen molar-refractivity contribution in [1.82, 2.24) is 9.88 Å². The summed E-state index contributed by atoms with van der Waals surface area (Å²) in [7, 11) is 0. The Balaban J connectivity index is 1.48. The van der Waals surface area contributed by atoms with Crippen LogP contribution in [0.2, 0.25) is 0 Å². The molecule has 174 valence electrons. The monoisotopic (exact) mass is 461 g/mol. The Morgan fingerprint density at radius 2 is 2.00 bits per heavy atom. The van der Waals surface area contributed by atoms with Crippen molar-refractivity contribution in [2.45, 2.75) is 31.5 Å². The molecule has 2 aromatic rings. The third kappa shape index (κ3) is 4.69. The van der Waals surface area contributed by atoms with Crippen molar-refractivity contribution in [3.8, 4) is 29.0 Å². The predicted molar refractivity (Wildman–Crippen MR) is 119 cm³/mol. The van der Waals surface area contributed by atoms with Gasteiger partial charge in [0.25, 0.3) is 0 Å². The summed E-state index contributed by atoms with van der Waals surface area (Å²) < 4.78 is 5.90. The van der Waals surface area contributed by atoms with E-state index in [0.29, 0.717) is 48.5 Å². The minimum absolute atomic E-state index is 0.0443. The van der Waals surface area contributed by atoms with Crippen molar-refractivity contribution in [3.63, 3.8) is 0 Å². The number of piperidine rings is 1. The Morgan fingerprint density at radius 1 is 1.24 bits per heavy atom. The molecule has 2 amide bonds. The topological polar surface area (TPSA) is 160 Å². The second kappa shape index (κ2) is 9.48. The smallest absolute Gasteiger partial charge is 0.248 e. The number of amides is 2. The zero-order valence-electron chi connectivity index (χ0n) is 18.3. The van der Waals surface area contributed by atoms with Gasteiger partial charge in [0.15, 0.2) is 0 Å². The van der Waals surface area contributed by atoms with E-state index in [1.165, 1.54) is 11.1 Å². The number of benzene rings is 1. The van der Waals surface area contributed by atoms with Gasteiger partial charge in [0.1, 0.15) is 41.9 Å². The minimum atomic E-state index is -0.962. The highest BCUT2D eigenvalue weighted by Gasteiger charge is 2.50. The van der Waals surface area contributed by atoms with Crippen molar-refractivity contribution < 1.29 is 24.5 Å². The second-order valence-corrected chi connectivity index (χ2v) is 8.41. The number of nitrogens with zero attached hydrogens (tertiary/aromatic N) is 4. The number of nitriles is 2. The van der Waals surface area contributed by atoms with Crippen molar-refractivity contribution in [3.05, 3.63) is 42.1 Å². The average molecular weight is 461 g/mol. The van der Waals surface area contributed by atoms with Crippen LogP contribution >= 0.6 is 0 Å². The number of likely N-dealkylation sites (tertiary alicyclic amines) is 1. The molecule has 2 aliphatic rings. The summed E-state index contributed by atoms with van der Waals surface area (Å²) in [6.07, 6.45) is 1.41. The van der Waals surface area contributed by atoms with Crippen LogP contribution in [0, 0.1) is 28.1 Å². The van der Waals surface area contributed by atoms with Gasteiger partial charge in [-0.25, -0.2) is 4.98 Å². The first-order valence-corrected chi connectivity index (χ1v) is 10.9. The number of anilines is 1. The molecule has 10 heteroatoms. The summed E-state index contributed by atoms with van der Waals surface area (Å²) in [5.41, 5.74) is 0.719. The molecule has 1 aromatic carbocycles. The van der Waals surface area contributed by atoms with E-state index in [4.69, 9.17) is 9.84 Å². The van der Waals surface area contributed by atoms with Crippen LogP contribution in [-0.2, 0) is 9.59 Å². The van der Waals surface area contributed by atoms with Crippen LogP contribution in [0.5, 0.6) is 5.75 Å². The van der Waals surface area contributed by atoms with Gasteiger partial charge in [-0.05, 0) is 48.2 Å². The molecule has 1 aliphatic carbocycles. The lowest BCUT2D eigenvalue weighted by Gasteiger charge is -2.35. The molecule has 1 aliphatic heterocycles. The number of ether oxygens (including phenoxy) is 1. The molecule has 0 spiro atoms. The SMILES string of the molecule is N#Cc1cc(-c2ccnc(NC(=O)C3(C#N)CC3)c2)ccc1O[C@H]1CCN(C(=O)CO)C[C@H]1O. The maximum absolute atomic E-state index is 12.3. The van der Waals surface area contributed by atoms with Gasteiger partial charge in [-0.15, -0.1) is 0 Å². The van der Waals surface area contributed by atoms with Gasteiger partial charge in [0, 0.05) is 19.2 Å². The number of aliphatic hydroxyl groups excluding tert-OH is 2. The molecule has 10 nitrogen and oxygen atoms in total. The van der Waals surface area contributed by atoms with Crippen molar-refractivity contribution in [2.75, 3.05) is 25.0 Å². The van der Waals surface area contributed by atoms with E-state index in [2.05, 4.69) is 16.4 Å². The largest absolute Gasteiger partial charge is 0.486 e. The zero-order valence-corrected chi connectivity index (χ0v) is 18.3. The molecule has 0 radical (unpaired) electrons. The van der Waals surface area contributed by atoms with Crippen LogP contribution in [-0.4, -0.2) is 63.8 Å². The van der Waals surface area contributed by atoms with Crippen LogP contribution in [0.25, 0.3) is 11.1 Å². The lowest BCUT2D eigenvalue weighted by atomic mass is 10.0. The van der Waals surface area contributed by atoms with Gasteiger partial charge >= 0.3 is 0 Å². The Bertz CT molecular complexity index is 1200. The number of carbonyl (C=O) groups excluding carboxylic acids is 2. The Hall–Kier alpha value is -3.99. The first kappa shape index (κ1) is 23.2. The molecule has 1 saturated heterocycles. The van der Waals surface area contributed by atoms with E-state index < -0.39 is 30.1 Å². The number of aliphatic hydroxyl groups is 2. The number of carbonyl (C=O) groups is 2. The number of β-amino-alcohol motifs (C(OH)–C–C–N with tert-alkyl or cyclic N) is 1. The summed E-state index contributed by atoms with van der Waals surface area (Å²) in [4.78, 5) is 29.5. The Morgan fingerprint density at radius 3 is 2.65 bits per heavy atom. The van der Waals surface area contributed by atoms with Crippen LogP contribution in [0.1, 0.15) is 24.8 Å². The van der Waals surface area contributed by atoms with E-state index in [1.54, 1.807) is 30.3 Å². The Kier molecular flexibility index (Phi) is 6.46. The highest BCUT2D eigenvalue weighted by Crippen LogP contribution is 2.45. The number of hydrogen-bond acceptors (Lipinski definition) is 8. The summed E-state index contributed by atoms with van der Waals surface area (Å²) >= 11 is 0. The Labute approximate surface area is 196 Å². The highest BCUT2D eigenvalue weighted by molar-refractivity contribution is 5.98. The summed E-state index contributed by atoms with van der Waals surface area (Å²) in [6.45, 7) is -0.236. The van der Waals surface area contributed by atoms with E-state index in [9.17, 15) is 25.2 Å². The lowest BCUT2D eigenvalue weighted by molar-refractivity contribution is -0.139. The highest BCUT2D eigenvalue weighted by atomic mass is 16.5. The number of pyridine rings is 1. The fraction of sp³-hybridized carbons (Fsp3) is 0.375. The first-order chi connectivity index (χ1) is 16.4. The zero-order chi connectivity index (χ0) is 24.3. The van der Waals surface area contributed by atoms with E-state index in [-0.39, 0.29) is 18.0 Å². The third-order valence-electron chi connectivity index (χ3n) is 6.12. The fourth-order valence-corrected chi connectivity index (χ4v) is 3.87. The minimum Gasteiger partial charge on any atom is -0.486 e. The molecule has 2 fully saturated rings. The molecule has 1 saturated carbocycles. The molecule has 2 atom stereocenters. The van der Waals surface area contributed by atoms with Crippen LogP contribution in [0.15, 0.2) is 36.5 Å². The summed E-state index contributed by atoms with van der Waals surface area (Å²) in [5.74, 6) is -0.196. The predicted octanol–water partition coefficient (Wildman–Crippen LogP) is 1.20. The molecule has 0 unspecified atom stereocenters. The van der Waals surface area contributed by atoms with Crippen LogP contribution < -0.4 is 10.1 Å². The molecular weight excluding hydrogens is 438 g/mol. The first-order valence-electron chi connectivity index (χ1n) is 10.9. The molecule has 0 bridgehead atoms. The summed E-state index contributed by atoms with van der Waals surface area (Å²) in [5, 5.41) is 40.9. The number of rotatable bonds is 6. The van der Waals surface area contributed by atoms with Crippen molar-refractivity contribution in [1.29, 1.82) is 10.5 Å². The number of hydrogen-bond donors (Lipinski definition) is 3. The fourth-order valence-electron chi connectivity index (χ4n) is 3.87. The number of nitrogens with one attached hydrogen (secondary N) is 1. The molecule has 2 heterocycles. The van der Waals surface area contributed by atoms with Gasteiger partial charge in [-0.2, -0.15) is 10.5 Å². The normalized spacial score (nSPS) is 20.5. The second-order valence-electron chi connectivity index (χ2n) is 8.41. The molecule has 4 rings (SSSR count). The van der Waals surface area contributed by atoms with E-state index >= 15 is 0 Å². The molecule has 3 N–H and O–H groups in total. The van der Waals surface area contributed by atoms with Gasteiger partial charge in [0.2, 0.25) is 11.8 Å². The van der Waals surface area contributed by atoms with Crippen LogP contribution in [0.4, 0.5) is 5.82 Å². The van der Waals surface area contributed by atoms with Crippen LogP contribution in [0.3, 0.4) is 0 Å². The van der Waals surface area contributed by atoms with Gasteiger partial charge in [-0.1, -0.05) is 6.07 Å².